The van der Waals surface area contributed by atoms with E-state index in [2.05, 4.69) is 27.7 Å². The van der Waals surface area contributed by atoms with E-state index >= 15 is 0 Å². The van der Waals surface area contributed by atoms with E-state index < -0.39 is 0 Å². The molecular formula is C17H25Cl2N3O2Zr. The molecule has 1 aromatic heterocycles. The van der Waals surface area contributed by atoms with Gasteiger partial charge in [-0.05, 0) is 0 Å². The van der Waals surface area contributed by atoms with E-state index in [4.69, 9.17) is 0 Å². The van der Waals surface area contributed by atoms with Crippen LogP contribution in [-0.4, -0.2) is 25.6 Å². The monoisotopic (exact) mass is 463 g/mol. The third-order valence-electron chi connectivity index (χ3n) is 3.02. The molecule has 25 heavy (non-hydrogen) atoms. The molecule has 0 bridgehead atoms. The van der Waals surface area contributed by atoms with Gasteiger partial charge in [-0.3, -0.25) is 0 Å². The van der Waals surface area contributed by atoms with Crippen molar-refractivity contribution >= 4 is 24.8 Å². The number of rotatable bonds is 0. The summed E-state index contributed by atoms with van der Waals surface area (Å²) in [5, 5.41) is 29.5. The zero-order valence-electron chi connectivity index (χ0n) is 15.3. The second-order valence-corrected chi connectivity index (χ2v) is 7.04. The molecule has 5 nitrogen and oxygen atoms in total. The van der Waals surface area contributed by atoms with Crippen molar-refractivity contribution < 1.29 is 36.4 Å². The molecule has 0 saturated heterocycles. The van der Waals surface area contributed by atoms with Crippen LogP contribution in [0, 0.1) is 12.3 Å². The minimum Gasteiger partial charge on any atom is -0.533 e. The van der Waals surface area contributed by atoms with Gasteiger partial charge in [-0.25, -0.2) is 10.2 Å². The van der Waals surface area contributed by atoms with Crippen molar-refractivity contribution in [3.8, 4) is 11.5 Å². The molecule has 0 spiro atoms. The predicted octanol–water partition coefficient (Wildman–Crippen LogP) is 4.01. The molecule has 0 radical (unpaired) electrons. The first-order valence-corrected chi connectivity index (χ1v) is 7.03. The molecule has 0 amide bonds. The Labute approximate surface area is 181 Å². The summed E-state index contributed by atoms with van der Waals surface area (Å²) in [5.41, 5.74) is 1.31. The summed E-state index contributed by atoms with van der Waals surface area (Å²) in [6.45, 7) is 12.2. The first-order valence-electron chi connectivity index (χ1n) is 7.03. The van der Waals surface area contributed by atoms with E-state index in [1.54, 1.807) is 6.07 Å². The van der Waals surface area contributed by atoms with Crippen LogP contribution < -0.4 is 0 Å². The minimum absolute atomic E-state index is 0. The first-order chi connectivity index (χ1) is 10.0. The molecular weight excluding hydrogens is 440 g/mol. The fourth-order valence-corrected chi connectivity index (χ4v) is 1.85. The number of halogens is 2. The fourth-order valence-electron chi connectivity index (χ4n) is 1.85. The molecule has 2 rings (SSSR count). The Morgan fingerprint density at radius 3 is 1.52 bits per heavy atom. The van der Waals surface area contributed by atoms with Gasteiger partial charge >= 0.3 is 26.2 Å². The fraction of sp³-hybridized carbons (Fsp3) is 0.471. The second kappa shape index (κ2) is 11.8. The van der Waals surface area contributed by atoms with Crippen molar-refractivity contribution in [1.82, 2.24) is 15.4 Å². The number of nitrogens with zero attached hydrogens (tertiary/aromatic N) is 3. The molecule has 8 heteroatoms. The SMILES string of the molecule is CC(C)(C)c1cc(C(C)(C)C)c(O)[c-]c1O.Cl.Cl.[Zr+2].[c-]1ccnnn1. The summed E-state index contributed by atoms with van der Waals surface area (Å²) in [7, 11) is 0. The molecule has 0 aliphatic heterocycles. The van der Waals surface area contributed by atoms with Gasteiger partial charge in [-0.1, -0.05) is 69.8 Å². The topological polar surface area (TPSA) is 79.1 Å². The molecule has 138 valence electrons. The number of aromatic nitrogens is 3. The number of hydrogen-bond donors (Lipinski definition) is 2. The summed E-state index contributed by atoms with van der Waals surface area (Å²) >= 11 is 0. The van der Waals surface area contributed by atoms with Crippen LogP contribution in [0.2, 0.25) is 0 Å². The van der Waals surface area contributed by atoms with Crippen LogP contribution in [0.3, 0.4) is 0 Å². The maximum absolute atomic E-state index is 9.80. The van der Waals surface area contributed by atoms with Gasteiger partial charge in [0.15, 0.2) is 0 Å². The molecule has 0 unspecified atom stereocenters. The summed E-state index contributed by atoms with van der Waals surface area (Å²) in [6, 6.07) is 6.10. The molecule has 1 heterocycles. The summed E-state index contributed by atoms with van der Waals surface area (Å²) in [4.78, 5) is 0. The van der Waals surface area contributed by atoms with E-state index in [0.717, 1.165) is 11.1 Å². The Bertz CT molecular complexity index is 554. The zero-order chi connectivity index (χ0) is 17.0. The van der Waals surface area contributed by atoms with Crippen molar-refractivity contribution in [2.75, 3.05) is 0 Å². The summed E-state index contributed by atoms with van der Waals surface area (Å²) < 4.78 is 0. The van der Waals surface area contributed by atoms with Crippen LogP contribution in [-0.2, 0) is 37.0 Å². The van der Waals surface area contributed by atoms with Crippen LogP contribution in [0.25, 0.3) is 0 Å². The van der Waals surface area contributed by atoms with Crippen molar-refractivity contribution in [3.05, 3.63) is 41.7 Å². The normalized spacial score (nSPS) is 10.2. The number of benzene rings is 1. The molecule has 0 aliphatic rings. The van der Waals surface area contributed by atoms with Crippen LogP contribution in [0.15, 0.2) is 18.3 Å². The molecule has 0 atom stereocenters. The second-order valence-electron chi connectivity index (χ2n) is 7.04. The molecule has 0 saturated carbocycles. The minimum atomic E-state index is -0.158. The van der Waals surface area contributed by atoms with E-state index in [1.807, 2.05) is 47.6 Å². The third kappa shape index (κ3) is 9.53. The Hall–Kier alpha value is -0.707. The number of phenols is 2. The number of aromatic hydroxyl groups is 2. The summed E-state index contributed by atoms with van der Waals surface area (Å²) in [5.74, 6) is 0.0796. The van der Waals surface area contributed by atoms with Crippen LogP contribution in [0.1, 0.15) is 52.7 Å². The van der Waals surface area contributed by atoms with Crippen molar-refractivity contribution in [2.24, 2.45) is 0 Å². The first kappa shape index (κ1) is 29.1. The Balaban J connectivity index is -0.000000461. The number of phenolic OH excluding ortho intramolecular Hbond substituents is 2. The molecule has 0 aliphatic carbocycles. The molecule has 2 aromatic rings. The largest absolute Gasteiger partial charge is 2.00 e. The quantitative estimate of drug-likeness (QED) is 0.575. The molecule has 2 N–H and O–H groups in total. The van der Waals surface area contributed by atoms with Crippen molar-refractivity contribution in [2.45, 2.75) is 52.4 Å². The van der Waals surface area contributed by atoms with E-state index in [9.17, 15) is 10.2 Å². The van der Waals surface area contributed by atoms with Crippen LogP contribution in [0.5, 0.6) is 11.5 Å². The average molecular weight is 466 g/mol. The van der Waals surface area contributed by atoms with E-state index in [-0.39, 0.29) is 73.3 Å². The van der Waals surface area contributed by atoms with Gasteiger partial charge in [0.2, 0.25) is 0 Å². The van der Waals surface area contributed by atoms with Crippen LogP contribution >= 0.6 is 24.8 Å². The maximum atomic E-state index is 9.80. The Morgan fingerprint density at radius 2 is 1.32 bits per heavy atom. The van der Waals surface area contributed by atoms with E-state index in [0.29, 0.717) is 0 Å². The van der Waals surface area contributed by atoms with Gasteiger partial charge in [0.05, 0.1) is 0 Å². The van der Waals surface area contributed by atoms with Gasteiger partial charge in [0.25, 0.3) is 0 Å². The van der Waals surface area contributed by atoms with Crippen LogP contribution in [0.4, 0.5) is 0 Å². The Morgan fingerprint density at radius 1 is 0.880 bits per heavy atom. The van der Waals surface area contributed by atoms with Gasteiger partial charge in [-0.15, -0.1) is 42.1 Å². The predicted molar refractivity (Wildman–Crippen MR) is 99.2 cm³/mol. The maximum Gasteiger partial charge on any atom is 2.00 e. The Kier molecular flexibility index (Phi) is 13.7. The average Bonchev–Trinajstić information content (AvgIpc) is 2.38. The number of hydrogen-bond acceptors (Lipinski definition) is 5. The standard InChI is InChI=1S/C14H21O2.C3H2N3.2ClH.Zr/c1-13(2,3)9-7-10(14(4,5)6)12(16)8-11(9)15;1-2-4-6-5-3-1;;;/h7,15-16H,1-6H3;1-2H;2*1H;/q2*-1;;;+2. The third-order valence-corrected chi connectivity index (χ3v) is 3.02. The van der Waals surface area contributed by atoms with E-state index in [1.165, 1.54) is 6.20 Å². The molecule has 0 fully saturated rings. The van der Waals surface area contributed by atoms with Crippen molar-refractivity contribution in [3.63, 3.8) is 0 Å². The van der Waals surface area contributed by atoms with Crippen molar-refractivity contribution in [1.29, 1.82) is 0 Å². The molecule has 1 aromatic carbocycles. The van der Waals surface area contributed by atoms with Gasteiger partial charge < -0.3 is 10.2 Å². The van der Waals surface area contributed by atoms with Gasteiger partial charge in [0, 0.05) is 11.5 Å². The summed E-state index contributed by atoms with van der Waals surface area (Å²) in [6.07, 6.45) is 3.99. The van der Waals surface area contributed by atoms with Gasteiger partial charge in [-0.2, -0.15) is 12.1 Å². The van der Waals surface area contributed by atoms with Gasteiger partial charge in [0.1, 0.15) is 0 Å². The smallest absolute Gasteiger partial charge is 0.533 e. The zero-order valence-corrected chi connectivity index (χ0v) is 19.4.